The van der Waals surface area contributed by atoms with E-state index in [0.717, 1.165) is 60.0 Å². The van der Waals surface area contributed by atoms with Crippen molar-refractivity contribution in [1.29, 1.82) is 0 Å². The molecule has 0 unspecified atom stereocenters. The number of aryl methyl sites for hydroxylation is 1. The van der Waals surface area contributed by atoms with Crippen LogP contribution in [0.5, 0.6) is 0 Å². The summed E-state index contributed by atoms with van der Waals surface area (Å²) in [6, 6.07) is 8.81. The third-order valence-electron chi connectivity index (χ3n) is 7.42. The van der Waals surface area contributed by atoms with Crippen molar-refractivity contribution in [1.82, 2.24) is 30.1 Å². The van der Waals surface area contributed by atoms with Crippen LogP contribution < -0.4 is 5.56 Å². The van der Waals surface area contributed by atoms with Gasteiger partial charge in [-0.2, -0.15) is 0 Å². The van der Waals surface area contributed by atoms with E-state index in [4.69, 9.17) is 0 Å². The van der Waals surface area contributed by atoms with Crippen molar-refractivity contribution in [3.8, 4) is 0 Å². The van der Waals surface area contributed by atoms with Gasteiger partial charge < -0.3 is 4.98 Å². The first kappa shape index (κ1) is 23.6. The highest BCUT2D eigenvalue weighted by molar-refractivity contribution is 5.79. The van der Waals surface area contributed by atoms with Crippen LogP contribution in [0, 0.1) is 6.92 Å². The standard InChI is InChI=1S/C26H38N6O/c1-6-10-23(24-28-29-30-32(24)26(4,5)7-2)31(21-11-8-9-12-21)17-20-16-19-14-13-18(3)15-22(19)27-25(20)33/h13-16,21,23H,6-12,17H2,1-5H3,(H,27,33)/t23-/m1/s1. The monoisotopic (exact) mass is 450 g/mol. The van der Waals surface area contributed by atoms with E-state index in [1.807, 2.05) is 17.7 Å². The van der Waals surface area contributed by atoms with Gasteiger partial charge >= 0.3 is 0 Å². The average molecular weight is 451 g/mol. The number of tetrazole rings is 1. The third kappa shape index (κ3) is 4.88. The number of nitrogens with one attached hydrogen (secondary N) is 1. The molecule has 4 rings (SSSR count). The summed E-state index contributed by atoms with van der Waals surface area (Å²) < 4.78 is 2.02. The zero-order chi connectivity index (χ0) is 23.6. The Morgan fingerprint density at radius 3 is 2.67 bits per heavy atom. The van der Waals surface area contributed by atoms with E-state index in [1.165, 1.54) is 12.8 Å². The summed E-state index contributed by atoms with van der Waals surface area (Å²) in [7, 11) is 0. The molecule has 1 saturated carbocycles. The molecule has 1 N–H and O–H groups in total. The van der Waals surface area contributed by atoms with Crippen LogP contribution in [-0.4, -0.2) is 36.1 Å². The zero-order valence-electron chi connectivity index (χ0n) is 20.8. The maximum Gasteiger partial charge on any atom is 0.252 e. The molecule has 1 atom stereocenters. The smallest absolute Gasteiger partial charge is 0.252 e. The molecule has 1 aliphatic carbocycles. The highest BCUT2D eigenvalue weighted by Gasteiger charge is 2.35. The number of aromatic nitrogens is 5. The van der Waals surface area contributed by atoms with E-state index in [0.29, 0.717) is 12.6 Å². The lowest BCUT2D eigenvalue weighted by molar-refractivity contribution is 0.102. The van der Waals surface area contributed by atoms with Gasteiger partial charge in [0.2, 0.25) is 0 Å². The van der Waals surface area contributed by atoms with Crippen molar-refractivity contribution >= 4 is 10.9 Å². The van der Waals surface area contributed by atoms with Crippen LogP contribution in [-0.2, 0) is 12.1 Å². The van der Waals surface area contributed by atoms with Crippen molar-refractivity contribution < 1.29 is 0 Å². The molecule has 2 heterocycles. The van der Waals surface area contributed by atoms with E-state index in [2.05, 4.69) is 71.3 Å². The number of benzene rings is 1. The molecule has 7 heteroatoms. The number of hydrogen-bond donors (Lipinski definition) is 1. The maximum atomic E-state index is 13.1. The van der Waals surface area contributed by atoms with Gasteiger partial charge in [0, 0.05) is 23.7 Å². The molecular formula is C26H38N6O. The largest absolute Gasteiger partial charge is 0.322 e. The van der Waals surface area contributed by atoms with Gasteiger partial charge in [-0.3, -0.25) is 9.69 Å². The minimum atomic E-state index is -0.162. The fourth-order valence-electron chi connectivity index (χ4n) is 5.10. The number of H-pyrrole nitrogens is 1. The summed E-state index contributed by atoms with van der Waals surface area (Å²) in [5.74, 6) is 0.920. The number of hydrogen-bond acceptors (Lipinski definition) is 5. The SMILES string of the molecule is CCC[C@H](c1nnnn1C(C)(C)CC)N(Cc1cc2ccc(C)cc2[nH]c1=O)C1CCCC1. The van der Waals surface area contributed by atoms with Gasteiger partial charge in [0.1, 0.15) is 0 Å². The summed E-state index contributed by atoms with van der Waals surface area (Å²) in [6.45, 7) is 11.4. The summed E-state index contributed by atoms with van der Waals surface area (Å²) in [5, 5.41) is 14.1. The fourth-order valence-corrected chi connectivity index (χ4v) is 5.10. The van der Waals surface area contributed by atoms with Crippen molar-refractivity contribution in [3.63, 3.8) is 0 Å². The van der Waals surface area contributed by atoms with Crippen LogP contribution in [0.4, 0.5) is 0 Å². The second-order valence-corrected chi connectivity index (χ2v) is 10.2. The first-order chi connectivity index (χ1) is 15.8. The van der Waals surface area contributed by atoms with Gasteiger partial charge in [-0.15, -0.1) is 5.10 Å². The Hall–Kier alpha value is -2.54. The van der Waals surface area contributed by atoms with Gasteiger partial charge in [0.25, 0.3) is 5.56 Å². The lowest BCUT2D eigenvalue weighted by Gasteiger charge is -2.37. The average Bonchev–Trinajstić information content (AvgIpc) is 3.49. The Kier molecular flexibility index (Phi) is 6.98. The minimum Gasteiger partial charge on any atom is -0.322 e. The molecule has 7 nitrogen and oxygen atoms in total. The maximum absolute atomic E-state index is 13.1. The predicted molar refractivity (Wildman–Crippen MR) is 132 cm³/mol. The van der Waals surface area contributed by atoms with Gasteiger partial charge in [0.05, 0.1) is 11.6 Å². The molecule has 2 aromatic heterocycles. The number of nitrogens with zero attached hydrogens (tertiary/aromatic N) is 5. The zero-order valence-corrected chi connectivity index (χ0v) is 20.8. The number of fused-ring (bicyclic) bond motifs is 1. The Morgan fingerprint density at radius 2 is 1.97 bits per heavy atom. The summed E-state index contributed by atoms with van der Waals surface area (Å²) in [6.07, 6.45) is 7.71. The molecule has 0 bridgehead atoms. The van der Waals surface area contributed by atoms with Gasteiger partial charge in [0.15, 0.2) is 5.82 Å². The summed E-state index contributed by atoms with van der Waals surface area (Å²) in [4.78, 5) is 18.7. The van der Waals surface area contributed by atoms with E-state index >= 15 is 0 Å². The third-order valence-corrected chi connectivity index (χ3v) is 7.42. The van der Waals surface area contributed by atoms with Crippen LogP contribution >= 0.6 is 0 Å². The first-order valence-electron chi connectivity index (χ1n) is 12.5. The van der Waals surface area contributed by atoms with Gasteiger partial charge in [-0.25, -0.2) is 4.68 Å². The number of rotatable bonds is 9. The molecule has 1 fully saturated rings. The first-order valence-corrected chi connectivity index (χ1v) is 12.5. The Morgan fingerprint density at radius 1 is 1.21 bits per heavy atom. The quantitative estimate of drug-likeness (QED) is 0.481. The van der Waals surface area contributed by atoms with Gasteiger partial charge in [-0.1, -0.05) is 45.2 Å². The lowest BCUT2D eigenvalue weighted by atomic mass is 9.99. The highest BCUT2D eigenvalue weighted by atomic mass is 16.1. The van der Waals surface area contributed by atoms with E-state index in [-0.39, 0.29) is 17.1 Å². The van der Waals surface area contributed by atoms with Crippen molar-refractivity contribution in [2.75, 3.05) is 0 Å². The van der Waals surface area contributed by atoms with E-state index < -0.39 is 0 Å². The lowest BCUT2D eigenvalue weighted by Crippen LogP contribution is -2.41. The normalized spacial score (nSPS) is 16.2. The molecule has 3 aromatic rings. The predicted octanol–water partition coefficient (Wildman–Crippen LogP) is 5.25. The molecule has 1 aliphatic rings. The summed E-state index contributed by atoms with van der Waals surface area (Å²) >= 11 is 0. The van der Waals surface area contributed by atoms with Crippen molar-refractivity contribution in [2.24, 2.45) is 0 Å². The fraction of sp³-hybridized carbons (Fsp3) is 0.615. The van der Waals surface area contributed by atoms with Crippen LogP contribution in [0.15, 0.2) is 29.1 Å². The van der Waals surface area contributed by atoms with Crippen LogP contribution in [0.3, 0.4) is 0 Å². The molecular weight excluding hydrogens is 412 g/mol. The topological polar surface area (TPSA) is 79.7 Å². The molecule has 33 heavy (non-hydrogen) atoms. The molecule has 0 spiro atoms. The number of aromatic amines is 1. The van der Waals surface area contributed by atoms with E-state index in [9.17, 15) is 4.79 Å². The van der Waals surface area contributed by atoms with Crippen LogP contribution in [0.1, 0.15) is 95.6 Å². The molecule has 1 aromatic carbocycles. The van der Waals surface area contributed by atoms with Crippen LogP contribution in [0.25, 0.3) is 10.9 Å². The molecule has 0 amide bonds. The van der Waals surface area contributed by atoms with Crippen molar-refractivity contribution in [2.45, 2.75) is 104 Å². The van der Waals surface area contributed by atoms with Gasteiger partial charge in [-0.05, 0) is 80.0 Å². The molecule has 178 valence electrons. The number of pyridine rings is 1. The Bertz CT molecular complexity index is 1140. The molecule has 0 aliphatic heterocycles. The summed E-state index contributed by atoms with van der Waals surface area (Å²) in [5.41, 5.74) is 2.69. The highest BCUT2D eigenvalue weighted by Crippen LogP contribution is 2.36. The minimum absolute atomic E-state index is 0.000162. The molecule has 0 radical (unpaired) electrons. The Labute approximate surface area is 196 Å². The van der Waals surface area contributed by atoms with E-state index in [1.54, 1.807) is 0 Å². The Balaban J connectivity index is 1.76. The second-order valence-electron chi connectivity index (χ2n) is 10.2. The van der Waals surface area contributed by atoms with Crippen LogP contribution in [0.2, 0.25) is 0 Å². The second kappa shape index (κ2) is 9.75. The molecule has 0 saturated heterocycles. The van der Waals surface area contributed by atoms with Crippen molar-refractivity contribution in [3.05, 3.63) is 51.6 Å².